The first kappa shape index (κ1) is 14.5. The van der Waals surface area contributed by atoms with E-state index in [4.69, 9.17) is 14.9 Å². The van der Waals surface area contributed by atoms with Crippen LogP contribution in [0.2, 0.25) is 0 Å². The first-order chi connectivity index (χ1) is 8.24. The number of benzene rings is 1. The Balaban J connectivity index is 3.13. The SMILES string of the molecule is COC(=O)C(CP(=O)(O)O)c1ccc(O)c(O)c1. The van der Waals surface area contributed by atoms with Crippen LogP contribution in [0.3, 0.4) is 0 Å². The Bertz CT molecular complexity index is 493. The Labute approximate surface area is 103 Å². The number of rotatable bonds is 4. The summed E-state index contributed by atoms with van der Waals surface area (Å²) in [6, 6.07) is 3.47. The lowest BCUT2D eigenvalue weighted by Gasteiger charge is -2.16. The topological polar surface area (TPSA) is 124 Å². The van der Waals surface area contributed by atoms with E-state index in [9.17, 15) is 14.5 Å². The minimum atomic E-state index is -4.43. The number of phenolic OH excluding ortho intramolecular Hbond substituents is 2. The summed E-state index contributed by atoms with van der Waals surface area (Å²) in [5.74, 6) is -2.91. The Morgan fingerprint density at radius 2 is 1.94 bits per heavy atom. The van der Waals surface area contributed by atoms with Crippen LogP contribution >= 0.6 is 7.60 Å². The van der Waals surface area contributed by atoms with Gasteiger partial charge in [0.15, 0.2) is 11.5 Å². The molecule has 0 aliphatic carbocycles. The van der Waals surface area contributed by atoms with Crippen molar-refractivity contribution in [3.8, 4) is 11.5 Å². The molecular weight excluding hydrogens is 263 g/mol. The molecule has 0 aliphatic rings. The Hall–Kier alpha value is -1.56. The predicted octanol–water partition coefficient (Wildman–Crippen LogP) is 0.532. The first-order valence-corrected chi connectivity index (χ1v) is 6.68. The average molecular weight is 276 g/mol. The molecule has 0 aromatic heterocycles. The molecule has 8 heteroatoms. The van der Waals surface area contributed by atoms with E-state index < -0.39 is 37.1 Å². The molecule has 4 N–H and O–H groups in total. The summed E-state index contributed by atoms with van der Waals surface area (Å²) in [5.41, 5.74) is 0.153. The normalized spacial score (nSPS) is 13.1. The summed E-state index contributed by atoms with van der Waals surface area (Å²) < 4.78 is 15.4. The molecule has 1 aromatic rings. The van der Waals surface area contributed by atoms with E-state index in [-0.39, 0.29) is 5.56 Å². The first-order valence-electron chi connectivity index (χ1n) is 4.89. The van der Waals surface area contributed by atoms with Crippen LogP contribution in [0.15, 0.2) is 18.2 Å². The van der Waals surface area contributed by atoms with Crippen molar-refractivity contribution in [3.63, 3.8) is 0 Å². The van der Waals surface area contributed by atoms with Gasteiger partial charge < -0.3 is 24.7 Å². The summed E-state index contributed by atoms with van der Waals surface area (Å²) in [4.78, 5) is 29.3. The number of methoxy groups -OCH3 is 1. The van der Waals surface area contributed by atoms with Gasteiger partial charge in [-0.3, -0.25) is 9.36 Å². The molecule has 0 radical (unpaired) electrons. The second-order valence-corrected chi connectivity index (χ2v) is 5.37. The van der Waals surface area contributed by atoms with Gasteiger partial charge in [0.05, 0.1) is 19.2 Å². The monoisotopic (exact) mass is 276 g/mol. The van der Waals surface area contributed by atoms with Gasteiger partial charge in [-0.15, -0.1) is 0 Å². The van der Waals surface area contributed by atoms with E-state index in [1.54, 1.807) is 0 Å². The van der Waals surface area contributed by atoms with Gasteiger partial charge in [-0.2, -0.15) is 0 Å². The maximum Gasteiger partial charge on any atom is 0.326 e. The van der Waals surface area contributed by atoms with E-state index in [2.05, 4.69) is 4.74 Å². The van der Waals surface area contributed by atoms with Gasteiger partial charge in [-0.25, -0.2) is 0 Å². The molecule has 0 saturated carbocycles. The molecule has 7 nitrogen and oxygen atoms in total. The van der Waals surface area contributed by atoms with Crippen LogP contribution < -0.4 is 0 Å². The second kappa shape index (κ2) is 5.39. The second-order valence-electron chi connectivity index (χ2n) is 3.67. The van der Waals surface area contributed by atoms with E-state index >= 15 is 0 Å². The van der Waals surface area contributed by atoms with Gasteiger partial charge in [0.25, 0.3) is 0 Å². The molecule has 1 aromatic carbocycles. The zero-order valence-electron chi connectivity index (χ0n) is 9.48. The van der Waals surface area contributed by atoms with Crippen molar-refractivity contribution >= 4 is 13.6 Å². The highest BCUT2D eigenvalue weighted by atomic mass is 31.2. The van der Waals surface area contributed by atoms with Gasteiger partial charge in [0.2, 0.25) is 0 Å². The Morgan fingerprint density at radius 3 is 2.39 bits per heavy atom. The fourth-order valence-electron chi connectivity index (χ4n) is 1.45. The molecule has 1 atom stereocenters. The largest absolute Gasteiger partial charge is 0.504 e. The number of carbonyl (C=O) groups excluding carboxylic acids is 1. The molecular formula is C10H13O7P. The number of aromatic hydroxyl groups is 2. The Morgan fingerprint density at radius 1 is 1.33 bits per heavy atom. The van der Waals surface area contributed by atoms with Crippen LogP contribution in [0.1, 0.15) is 11.5 Å². The average Bonchev–Trinajstić information content (AvgIpc) is 2.27. The van der Waals surface area contributed by atoms with Crippen molar-refractivity contribution in [1.82, 2.24) is 0 Å². The highest BCUT2D eigenvalue weighted by molar-refractivity contribution is 7.51. The van der Waals surface area contributed by atoms with E-state index in [1.807, 2.05) is 0 Å². The molecule has 0 amide bonds. The molecule has 0 bridgehead atoms. The van der Waals surface area contributed by atoms with Crippen LogP contribution in [0, 0.1) is 0 Å². The summed E-state index contributed by atoms with van der Waals surface area (Å²) in [7, 11) is -3.33. The number of hydrogen-bond acceptors (Lipinski definition) is 5. The van der Waals surface area contributed by atoms with Crippen molar-refractivity contribution in [2.75, 3.05) is 13.3 Å². The molecule has 100 valence electrons. The van der Waals surface area contributed by atoms with Crippen LogP contribution in [0.25, 0.3) is 0 Å². The van der Waals surface area contributed by atoms with Crippen molar-refractivity contribution in [2.45, 2.75) is 5.92 Å². The number of hydrogen-bond donors (Lipinski definition) is 4. The van der Waals surface area contributed by atoms with Gasteiger partial charge >= 0.3 is 13.6 Å². The van der Waals surface area contributed by atoms with Crippen LogP contribution in [-0.2, 0) is 14.1 Å². The van der Waals surface area contributed by atoms with Gasteiger partial charge in [0.1, 0.15) is 0 Å². The van der Waals surface area contributed by atoms with E-state index in [0.717, 1.165) is 19.2 Å². The number of carbonyl (C=O) groups is 1. The van der Waals surface area contributed by atoms with Gasteiger partial charge in [-0.05, 0) is 17.7 Å². The highest BCUT2D eigenvalue weighted by Gasteiger charge is 2.30. The van der Waals surface area contributed by atoms with Crippen LogP contribution in [0.5, 0.6) is 11.5 Å². The third kappa shape index (κ3) is 3.73. The third-order valence-electron chi connectivity index (χ3n) is 2.31. The highest BCUT2D eigenvalue weighted by Crippen LogP contribution is 2.41. The third-order valence-corrected chi connectivity index (χ3v) is 3.15. The molecule has 1 rings (SSSR count). The summed E-state index contributed by atoms with van der Waals surface area (Å²) in [6.07, 6.45) is -0.732. The number of phenols is 2. The molecule has 0 heterocycles. The number of esters is 1. The zero-order chi connectivity index (χ0) is 13.9. The lowest BCUT2D eigenvalue weighted by atomic mass is 10.0. The molecule has 0 saturated heterocycles. The van der Waals surface area contributed by atoms with Crippen molar-refractivity contribution < 1.29 is 34.1 Å². The molecule has 1 unspecified atom stereocenters. The predicted molar refractivity (Wildman–Crippen MR) is 61.4 cm³/mol. The van der Waals surface area contributed by atoms with Crippen LogP contribution in [0.4, 0.5) is 0 Å². The zero-order valence-corrected chi connectivity index (χ0v) is 10.4. The molecule has 0 fully saturated rings. The summed E-state index contributed by atoms with van der Waals surface area (Å²) in [6.45, 7) is 0. The maximum atomic E-state index is 11.5. The minimum Gasteiger partial charge on any atom is -0.504 e. The maximum absolute atomic E-state index is 11.5. The van der Waals surface area contributed by atoms with Gasteiger partial charge in [0, 0.05) is 0 Å². The van der Waals surface area contributed by atoms with Gasteiger partial charge in [-0.1, -0.05) is 6.07 Å². The molecule has 0 spiro atoms. The lowest BCUT2D eigenvalue weighted by Crippen LogP contribution is -2.18. The fourth-order valence-corrected chi connectivity index (χ4v) is 2.29. The quantitative estimate of drug-likeness (QED) is 0.359. The lowest BCUT2D eigenvalue weighted by molar-refractivity contribution is -0.141. The van der Waals surface area contributed by atoms with Crippen LogP contribution in [-0.4, -0.2) is 39.2 Å². The molecule has 0 aliphatic heterocycles. The van der Waals surface area contributed by atoms with E-state index in [1.165, 1.54) is 6.07 Å². The van der Waals surface area contributed by atoms with Crippen molar-refractivity contribution in [2.24, 2.45) is 0 Å². The Kier molecular flexibility index (Phi) is 4.34. The smallest absolute Gasteiger partial charge is 0.326 e. The van der Waals surface area contributed by atoms with Crippen molar-refractivity contribution in [1.29, 1.82) is 0 Å². The van der Waals surface area contributed by atoms with E-state index in [0.29, 0.717) is 0 Å². The minimum absolute atomic E-state index is 0.153. The van der Waals surface area contributed by atoms with Crippen molar-refractivity contribution in [3.05, 3.63) is 23.8 Å². The standard InChI is InChI=1S/C10H13O7P/c1-17-10(13)7(5-18(14,15)16)6-2-3-8(11)9(12)4-6/h2-4,7,11-12H,5H2,1H3,(H2,14,15,16). The number of ether oxygens (including phenoxy) is 1. The summed E-state index contributed by atoms with van der Waals surface area (Å²) >= 11 is 0. The summed E-state index contributed by atoms with van der Waals surface area (Å²) in [5, 5.41) is 18.4. The molecule has 18 heavy (non-hydrogen) atoms. The fraction of sp³-hybridized carbons (Fsp3) is 0.300.